The fourth-order valence-corrected chi connectivity index (χ4v) is 5.06. The number of anilines is 2. The lowest BCUT2D eigenvalue weighted by atomic mass is 10.2. The third kappa shape index (κ3) is 6.01. The van der Waals surface area contributed by atoms with E-state index in [9.17, 15) is 9.18 Å². The molecule has 0 aromatic heterocycles. The van der Waals surface area contributed by atoms with E-state index in [-0.39, 0.29) is 24.1 Å². The van der Waals surface area contributed by atoms with Crippen LogP contribution in [0.3, 0.4) is 0 Å². The molecule has 1 aromatic rings. The summed E-state index contributed by atoms with van der Waals surface area (Å²) in [6.45, 7) is 5.93. The van der Waals surface area contributed by atoms with E-state index in [0.717, 1.165) is 11.0 Å². The summed E-state index contributed by atoms with van der Waals surface area (Å²) >= 11 is 1.93. The standard InChI is InChI=1S/C20H30FN3O2S/c1-14-12-24(13-15(2)26-14)19-8-7-16(11-18(19)21)23-20(25)22-9-10-27-17-5-3-4-6-17/h7-8,11,14-15,17H,3-6,9-10,12-13H2,1-2H3,(H2,22,23,25)/t14-,15+. The number of thioether (sulfide) groups is 1. The second-order valence-corrected chi connectivity index (χ2v) is 8.89. The van der Waals surface area contributed by atoms with Crippen molar-refractivity contribution in [3.8, 4) is 0 Å². The van der Waals surface area contributed by atoms with Gasteiger partial charge >= 0.3 is 6.03 Å². The Morgan fingerprint density at radius 3 is 2.63 bits per heavy atom. The molecule has 5 nitrogen and oxygen atoms in total. The molecule has 1 aromatic carbocycles. The number of hydrogen-bond donors (Lipinski definition) is 2. The monoisotopic (exact) mass is 395 g/mol. The van der Waals surface area contributed by atoms with Gasteiger partial charge in [0.25, 0.3) is 0 Å². The number of morpholine rings is 1. The minimum absolute atomic E-state index is 0.0684. The smallest absolute Gasteiger partial charge is 0.319 e. The van der Waals surface area contributed by atoms with Crippen LogP contribution in [0.15, 0.2) is 18.2 Å². The average molecular weight is 396 g/mol. The summed E-state index contributed by atoms with van der Waals surface area (Å²) < 4.78 is 20.3. The molecular weight excluding hydrogens is 365 g/mol. The fourth-order valence-electron chi connectivity index (χ4n) is 3.84. The van der Waals surface area contributed by atoms with Crippen LogP contribution >= 0.6 is 11.8 Å². The molecule has 0 bridgehead atoms. The number of urea groups is 1. The number of ether oxygens (including phenoxy) is 1. The van der Waals surface area contributed by atoms with Gasteiger partial charge < -0.3 is 20.3 Å². The van der Waals surface area contributed by atoms with Crippen LogP contribution in [0.5, 0.6) is 0 Å². The average Bonchev–Trinajstić information content (AvgIpc) is 3.11. The summed E-state index contributed by atoms with van der Waals surface area (Å²) in [6.07, 6.45) is 5.38. The van der Waals surface area contributed by atoms with Crippen molar-refractivity contribution in [1.29, 1.82) is 0 Å². The van der Waals surface area contributed by atoms with Crippen LogP contribution < -0.4 is 15.5 Å². The maximum Gasteiger partial charge on any atom is 0.319 e. The molecule has 1 saturated carbocycles. The SMILES string of the molecule is C[C@@H]1CN(c2ccc(NC(=O)NCCSC3CCCC3)cc2F)C[C@H](C)O1. The third-order valence-electron chi connectivity index (χ3n) is 5.01. The van der Waals surface area contributed by atoms with Crippen molar-refractivity contribution in [2.75, 3.05) is 35.6 Å². The molecule has 2 atom stereocenters. The maximum atomic E-state index is 14.6. The van der Waals surface area contributed by atoms with E-state index in [1.54, 1.807) is 12.1 Å². The molecule has 150 valence electrons. The van der Waals surface area contributed by atoms with Gasteiger partial charge in [-0.05, 0) is 44.9 Å². The highest BCUT2D eigenvalue weighted by molar-refractivity contribution is 7.99. The Kier molecular flexibility index (Phi) is 7.24. The Balaban J connectivity index is 1.46. The molecule has 1 heterocycles. The lowest BCUT2D eigenvalue weighted by Crippen LogP contribution is -2.45. The summed E-state index contributed by atoms with van der Waals surface area (Å²) in [5.41, 5.74) is 1.02. The van der Waals surface area contributed by atoms with Gasteiger partial charge in [-0.2, -0.15) is 11.8 Å². The van der Waals surface area contributed by atoms with E-state index in [1.807, 2.05) is 30.5 Å². The Morgan fingerprint density at radius 1 is 1.26 bits per heavy atom. The van der Waals surface area contributed by atoms with Gasteiger partial charge in [-0.25, -0.2) is 9.18 Å². The second-order valence-electron chi connectivity index (χ2n) is 7.49. The van der Waals surface area contributed by atoms with Gasteiger partial charge in [0, 0.05) is 36.3 Å². The van der Waals surface area contributed by atoms with Gasteiger partial charge in [-0.1, -0.05) is 12.8 Å². The van der Waals surface area contributed by atoms with E-state index >= 15 is 0 Å². The molecular formula is C20H30FN3O2S. The Bertz CT molecular complexity index is 630. The van der Waals surface area contributed by atoms with E-state index in [4.69, 9.17) is 4.74 Å². The van der Waals surface area contributed by atoms with Crippen LogP contribution in [0.2, 0.25) is 0 Å². The lowest BCUT2D eigenvalue weighted by molar-refractivity contribution is -0.00539. The number of nitrogens with one attached hydrogen (secondary N) is 2. The van der Waals surface area contributed by atoms with E-state index in [1.165, 1.54) is 31.7 Å². The first-order valence-corrected chi connectivity index (χ1v) is 10.9. The number of carbonyl (C=O) groups excluding carboxylic acids is 1. The first kappa shape index (κ1) is 20.3. The van der Waals surface area contributed by atoms with Gasteiger partial charge in [-0.3, -0.25) is 0 Å². The first-order valence-electron chi connectivity index (χ1n) is 9.87. The van der Waals surface area contributed by atoms with Crippen LogP contribution in [-0.4, -0.2) is 48.9 Å². The van der Waals surface area contributed by atoms with Crippen LogP contribution in [0.4, 0.5) is 20.6 Å². The second kappa shape index (κ2) is 9.64. The molecule has 27 heavy (non-hydrogen) atoms. The van der Waals surface area contributed by atoms with E-state index in [0.29, 0.717) is 31.0 Å². The zero-order valence-corrected chi connectivity index (χ0v) is 17.0. The normalized spacial score (nSPS) is 23.4. The molecule has 3 rings (SSSR count). The van der Waals surface area contributed by atoms with Gasteiger partial charge in [-0.15, -0.1) is 0 Å². The summed E-state index contributed by atoms with van der Waals surface area (Å²) in [5.74, 6) is 0.588. The molecule has 1 aliphatic heterocycles. The highest BCUT2D eigenvalue weighted by atomic mass is 32.2. The molecule has 0 radical (unpaired) electrons. The van der Waals surface area contributed by atoms with Crippen LogP contribution in [0.1, 0.15) is 39.5 Å². The molecule has 1 saturated heterocycles. The number of halogens is 1. The maximum absolute atomic E-state index is 14.6. The number of amides is 2. The van der Waals surface area contributed by atoms with Crippen LogP contribution in [-0.2, 0) is 4.74 Å². The van der Waals surface area contributed by atoms with Gasteiger partial charge in [0.05, 0.1) is 17.9 Å². The molecule has 2 fully saturated rings. The Hall–Kier alpha value is -1.47. The molecule has 0 unspecified atom stereocenters. The molecule has 2 amide bonds. The van der Waals surface area contributed by atoms with Gasteiger partial charge in [0.1, 0.15) is 5.82 Å². The zero-order valence-electron chi connectivity index (χ0n) is 16.2. The quantitative estimate of drug-likeness (QED) is 0.708. The number of benzene rings is 1. The number of rotatable bonds is 6. The summed E-state index contributed by atoms with van der Waals surface area (Å²) in [5, 5.41) is 6.31. The molecule has 2 N–H and O–H groups in total. The minimum atomic E-state index is -0.328. The minimum Gasteiger partial charge on any atom is -0.372 e. The van der Waals surface area contributed by atoms with E-state index < -0.39 is 0 Å². The lowest BCUT2D eigenvalue weighted by Gasteiger charge is -2.37. The number of carbonyl (C=O) groups is 1. The van der Waals surface area contributed by atoms with E-state index in [2.05, 4.69) is 10.6 Å². The highest BCUT2D eigenvalue weighted by Crippen LogP contribution is 2.29. The number of nitrogens with zero attached hydrogens (tertiary/aromatic N) is 1. The Morgan fingerprint density at radius 2 is 1.96 bits per heavy atom. The molecule has 1 aliphatic carbocycles. The van der Waals surface area contributed by atoms with Crippen molar-refractivity contribution in [2.24, 2.45) is 0 Å². The van der Waals surface area contributed by atoms with Crippen molar-refractivity contribution in [1.82, 2.24) is 5.32 Å². The largest absolute Gasteiger partial charge is 0.372 e. The number of hydrogen-bond acceptors (Lipinski definition) is 4. The summed E-state index contributed by atoms with van der Waals surface area (Å²) in [6, 6.07) is 4.57. The Labute approximate surface area is 165 Å². The van der Waals surface area contributed by atoms with Gasteiger partial charge in [0.15, 0.2) is 0 Å². The van der Waals surface area contributed by atoms with Crippen molar-refractivity contribution >= 4 is 29.2 Å². The van der Waals surface area contributed by atoms with Crippen molar-refractivity contribution in [3.63, 3.8) is 0 Å². The van der Waals surface area contributed by atoms with Crippen LogP contribution in [0, 0.1) is 5.82 Å². The molecule has 7 heteroatoms. The zero-order chi connectivity index (χ0) is 19.2. The van der Waals surface area contributed by atoms with Gasteiger partial charge in [0.2, 0.25) is 0 Å². The topological polar surface area (TPSA) is 53.6 Å². The fraction of sp³-hybridized carbons (Fsp3) is 0.650. The predicted octanol–water partition coefficient (Wildman–Crippen LogP) is 4.24. The third-order valence-corrected chi connectivity index (χ3v) is 6.39. The predicted molar refractivity (Wildman–Crippen MR) is 110 cm³/mol. The molecule has 2 aliphatic rings. The summed E-state index contributed by atoms with van der Waals surface area (Å²) in [7, 11) is 0. The highest BCUT2D eigenvalue weighted by Gasteiger charge is 2.24. The van der Waals surface area contributed by atoms with Crippen LogP contribution in [0.25, 0.3) is 0 Å². The van der Waals surface area contributed by atoms with Crippen molar-refractivity contribution < 1.29 is 13.9 Å². The molecule has 0 spiro atoms. The summed E-state index contributed by atoms with van der Waals surface area (Å²) in [4.78, 5) is 14.0. The van der Waals surface area contributed by atoms with Crippen molar-refractivity contribution in [2.45, 2.75) is 57.0 Å². The first-order chi connectivity index (χ1) is 13.0. The van der Waals surface area contributed by atoms with Crippen molar-refractivity contribution in [3.05, 3.63) is 24.0 Å².